The second-order valence-electron chi connectivity index (χ2n) is 5.03. The zero-order chi connectivity index (χ0) is 13.7. The minimum absolute atomic E-state index is 0.913. The highest BCUT2D eigenvalue weighted by molar-refractivity contribution is 6.07. The monoisotopic (exact) mass is 262 g/mol. The van der Waals surface area contributed by atoms with Gasteiger partial charge in [-0.25, -0.2) is 4.98 Å². The van der Waals surface area contributed by atoms with Gasteiger partial charge in [-0.3, -0.25) is 4.57 Å². The van der Waals surface area contributed by atoms with Crippen LogP contribution in [0.15, 0.2) is 53.1 Å². The van der Waals surface area contributed by atoms with E-state index in [9.17, 15) is 0 Å². The largest absolute Gasteiger partial charge is 0.464 e. The molecule has 0 bridgehead atoms. The fourth-order valence-corrected chi connectivity index (χ4v) is 2.88. The topological polar surface area (TPSA) is 31.0 Å². The molecule has 4 rings (SSSR count). The molecule has 0 aliphatic heterocycles. The first-order chi connectivity index (χ1) is 9.75. The smallest absolute Gasteiger partial charge is 0.145 e. The van der Waals surface area contributed by atoms with Gasteiger partial charge in [0.05, 0.1) is 11.2 Å². The van der Waals surface area contributed by atoms with Crippen LogP contribution in [-0.2, 0) is 0 Å². The summed E-state index contributed by atoms with van der Waals surface area (Å²) in [5, 5.41) is 2.38. The van der Waals surface area contributed by atoms with E-state index in [1.807, 2.05) is 26.1 Å². The second kappa shape index (κ2) is 3.97. The van der Waals surface area contributed by atoms with Gasteiger partial charge in [0.15, 0.2) is 0 Å². The molecule has 3 nitrogen and oxygen atoms in total. The lowest BCUT2D eigenvalue weighted by atomic mass is 10.2. The van der Waals surface area contributed by atoms with Crippen LogP contribution in [0.3, 0.4) is 0 Å². The minimum atomic E-state index is 0.913. The molecule has 0 atom stereocenters. The van der Waals surface area contributed by atoms with Crippen molar-refractivity contribution in [3.05, 3.63) is 60.2 Å². The van der Waals surface area contributed by atoms with Crippen molar-refractivity contribution in [2.75, 3.05) is 0 Å². The van der Waals surface area contributed by atoms with Crippen LogP contribution in [0.2, 0.25) is 0 Å². The van der Waals surface area contributed by atoms with Gasteiger partial charge in [0.25, 0.3) is 0 Å². The normalized spacial score (nSPS) is 11.5. The molecule has 3 heterocycles. The Hall–Kier alpha value is -2.55. The highest BCUT2D eigenvalue weighted by Crippen LogP contribution is 2.32. The molecule has 0 saturated heterocycles. The third-order valence-corrected chi connectivity index (χ3v) is 3.69. The number of nitrogens with zero attached hydrogens (tertiary/aromatic N) is 2. The molecular weight excluding hydrogens is 248 g/mol. The van der Waals surface area contributed by atoms with Gasteiger partial charge in [0, 0.05) is 23.0 Å². The molecule has 3 heteroatoms. The SMILES string of the molecule is Cc1cc(-n2c3ccccc3c3cccnc32)c(C)o1. The van der Waals surface area contributed by atoms with Crippen molar-refractivity contribution in [3.8, 4) is 5.69 Å². The van der Waals surface area contributed by atoms with Gasteiger partial charge in [0.2, 0.25) is 0 Å². The van der Waals surface area contributed by atoms with Crippen LogP contribution < -0.4 is 0 Å². The molecule has 0 aliphatic rings. The van der Waals surface area contributed by atoms with Gasteiger partial charge in [-0.1, -0.05) is 18.2 Å². The average Bonchev–Trinajstić information content (AvgIpc) is 2.96. The van der Waals surface area contributed by atoms with Crippen LogP contribution >= 0.6 is 0 Å². The molecule has 0 amide bonds. The van der Waals surface area contributed by atoms with Gasteiger partial charge in [-0.05, 0) is 32.0 Å². The highest BCUT2D eigenvalue weighted by atomic mass is 16.3. The van der Waals surface area contributed by atoms with E-state index in [1.165, 1.54) is 10.8 Å². The molecule has 1 aromatic carbocycles. The molecule has 20 heavy (non-hydrogen) atoms. The van der Waals surface area contributed by atoms with Crippen molar-refractivity contribution in [2.24, 2.45) is 0 Å². The Kier molecular flexibility index (Phi) is 2.24. The fraction of sp³-hybridized carbons (Fsp3) is 0.118. The predicted octanol–water partition coefficient (Wildman–Crippen LogP) is 4.39. The predicted molar refractivity (Wildman–Crippen MR) is 80.3 cm³/mol. The number of benzene rings is 1. The number of aromatic nitrogens is 2. The average molecular weight is 262 g/mol. The Morgan fingerprint density at radius 1 is 1.00 bits per heavy atom. The van der Waals surface area contributed by atoms with Crippen LogP contribution in [0.1, 0.15) is 11.5 Å². The van der Waals surface area contributed by atoms with E-state index in [0.717, 1.165) is 28.4 Å². The van der Waals surface area contributed by atoms with Crippen molar-refractivity contribution in [3.63, 3.8) is 0 Å². The lowest BCUT2D eigenvalue weighted by Gasteiger charge is -2.04. The van der Waals surface area contributed by atoms with E-state index in [2.05, 4.69) is 45.9 Å². The zero-order valence-corrected chi connectivity index (χ0v) is 11.4. The van der Waals surface area contributed by atoms with E-state index in [-0.39, 0.29) is 0 Å². The first kappa shape index (κ1) is 11.3. The summed E-state index contributed by atoms with van der Waals surface area (Å²) < 4.78 is 7.86. The fourth-order valence-electron chi connectivity index (χ4n) is 2.88. The summed E-state index contributed by atoms with van der Waals surface area (Å²) in [6.45, 7) is 3.96. The lowest BCUT2D eigenvalue weighted by Crippen LogP contribution is -1.95. The number of aryl methyl sites for hydroxylation is 2. The molecule has 4 aromatic rings. The maximum atomic E-state index is 5.69. The number of furan rings is 1. The van der Waals surface area contributed by atoms with Gasteiger partial charge in [0.1, 0.15) is 17.2 Å². The Morgan fingerprint density at radius 3 is 2.60 bits per heavy atom. The van der Waals surface area contributed by atoms with Crippen molar-refractivity contribution >= 4 is 21.9 Å². The molecule has 0 fully saturated rings. The number of para-hydroxylation sites is 1. The molecule has 98 valence electrons. The van der Waals surface area contributed by atoms with E-state index in [1.54, 1.807) is 0 Å². The quantitative estimate of drug-likeness (QED) is 0.509. The first-order valence-corrected chi connectivity index (χ1v) is 6.67. The van der Waals surface area contributed by atoms with Crippen LogP contribution in [0, 0.1) is 13.8 Å². The second-order valence-corrected chi connectivity index (χ2v) is 5.03. The molecule has 0 N–H and O–H groups in total. The van der Waals surface area contributed by atoms with E-state index >= 15 is 0 Å². The van der Waals surface area contributed by atoms with Crippen LogP contribution in [0.5, 0.6) is 0 Å². The zero-order valence-electron chi connectivity index (χ0n) is 11.4. The molecule has 3 aromatic heterocycles. The summed E-state index contributed by atoms with van der Waals surface area (Å²) in [5.74, 6) is 1.83. The van der Waals surface area contributed by atoms with Gasteiger partial charge < -0.3 is 4.42 Å². The minimum Gasteiger partial charge on any atom is -0.464 e. The maximum absolute atomic E-state index is 5.69. The molecule has 0 unspecified atom stereocenters. The molecule has 0 saturated carbocycles. The summed E-state index contributed by atoms with van der Waals surface area (Å²) >= 11 is 0. The van der Waals surface area contributed by atoms with Crippen LogP contribution in [-0.4, -0.2) is 9.55 Å². The van der Waals surface area contributed by atoms with Crippen LogP contribution in [0.4, 0.5) is 0 Å². The molecule has 0 radical (unpaired) electrons. The molecular formula is C17H14N2O. The van der Waals surface area contributed by atoms with E-state index < -0.39 is 0 Å². The maximum Gasteiger partial charge on any atom is 0.145 e. The number of hydrogen-bond acceptors (Lipinski definition) is 2. The first-order valence-electron chi connectivity index (χ1n) is 6.67. The van der Waals surface area contributed by atoms with Crippen molar-refractivity contribution in [1.82, 2.24) is 9.55 Å². The summed E-state index contributed by atoms with van der Waals surface area (Å²) in [6, 6.07) is 14.5. The number of fused-ring (bicyclic) bond motifs is 3. The van der Waals surface area contributed by atoms with Gasteiger partial charge in [-0.2, -0.15) is 0 Å². The lowest BCUT2D eigenvalue weighted by molar-refractivity contribution is 0.503. The Bertz CT molecular complexity index is 877. The van der Waals surface area contributed by atoms with Crippen LogP contribution in [0.25, 0.3) is 27.6 Å². The Labute approximate surface area is 116 Å². The van der Waals surface area contributed by atoms with Crippen molar-refractivity contribution in [1.29, 1.82) is 0 Å². The summed E-state index contributed by atoms with van der Waals surface area (Å²) in [7, 11) is 0. The number of rotatable bonds is 1. The van der Waals surface area contributed by atoms with Crippen molar-refractivity contribution in [2.45, 2.75) is 13.8 Å². The number of hydrogen-bond donors (Lipinski definition) is 0. The Morgan fingerprint density at radius 2 is 1.80 bits per heavy atom. The summed E-state index contributed by atoms with van der Waals surface area (Å²) in [4.78, 5) is 4.57. The summed E-state index contributed by atoms with van der Waals surface area (Å²) in [6.07, 6.45) is 1.83. The standard InChI is InChI=1S/C17H14N2O/c1-11-10-16(12(2)20-11)19-15-8-4-3-6-13(15)14-7-5-9-18-17(14)19/h3-10H,1-2H3. The van der Waals surface area contributed by atoms with E-state index in [4.69, 9.17) is 4.42 Å². The Balaban J connectivity index is 2.23. The van der Waals surface area contributed by atoms with Gasteiger partial charge in [-0.15, -0.1) is 0 Å². The van der Waals surface area contributed by atoms with E-state index in [0.29, 0.717) is 0 Å². The van der Waals surface area contributed by atoms with Crippen molar-refractivity contribution < 1.29 is 4.42 Å². The third kappa shape index (κ3) is 1.43. The summed E-state index contributed by atoms with van der Waals surface area (Å²) in [5.41, 5.74) is 3.19. The number of pyridine rings is 1. The molecule has 0 spiro atoms. The third-order valence-electron chi connectivity index (χ3n) is 3.69. The molecule has 0 aliphatic carbocycles. The highest BCUT2D eigenvalue weighted by Gasteiger charge is 2.15. The van der Waals surface area contributed by atoms with Gasteiger partial charge >= 0.3 is 0 Å².